The predicted octanol–water partition coefficient (Wildman–Crippen LogP) is -0.817. The number of anilines is 1. The van der Waals surface area contributed by atoms with Gasteiger partial charge in [-0.1, -0.05) is 0 Å². The van der Waals surface area contributed by atoms with E-state index in [1.807, 2.05) is 0 Å². The number of hydrogen-bond acceptors (Lipinski definition) is 9. The summed E-state index contributed by atoms with van der Waals surface area (Å²) in [5.74, 6) is 0.202. The SMILES string of the molecule is Nc1ncnc2c1ncn2[C@@H]1O[C@H](CO)C2OP(=O)(O)OC21. The average molecular weight is 329 g/mol. The number of ether oxygens (including phenoxy) is 1. The fraction of sp³-hybridized carbons (Fsp3) is 0.500. The van der Waals surface area contributed by atoms with E-state index in [9.17, 15) is 14.6 Å². The predicted molar refractivity (Wildman–Crippen MR) is 70.3 cm³/mol. The maximum absolute atomic E-state index is 11.6. The molecule has 2 aromatic heterocycles. The Labute approximate surface area is 123 Å². The van der Waals surface area contributed by atoms with Gasteiger partial charge in [-0.05, 0) is 0 Å². The highest BCUT2D eigenvalue weighted by Gasteiger charge is 2.57. The number of aromatic nitrogens is 4. The monoisotopic (exact) mass is 329 g/mol. The third-order valence-electron chi connectivity index (χ3n) is 3.64. The fourth-order valence-electron chi connectivity index (χ4n) is 2.71. The Hall–Kier alpha value is -1.62. The number of rotatable bonds is 2. The molecule has 0 radical (unpaired) electrons. The molecule has 0 aromatic carbocycles. The molecule has 11 nitrogen and oxygen atoms in total. The summed E-state index contributed by atoms with van der Waals surface area (Å²) < 4.78 is 28.8. The van der Waals surface area contributed by atoms with E-state index in [2.05, 4.69) is 15.0 Å². The lowest BCUT2D eigenvalue weighted by atomic mass is 10.1. The van der Waals surface area contributed by atoms with E-state index in [1.54, 1.807) is 0 Å². The zero-order valence-electron chi connectivity index (χ0n) is 11.0. The molecule has 0 aliphatic carbocycles. The molecule has 2 aromatic rings. The quantitative estimate of drug-likeness (QED) is 0.595. The van der Waals surface area contributed by atoms with Crippen LogP contribution in [0.25, 0.3) is 11.2 Å². The summed E-state index contributed by atoms with van der Waals surface area (Å²) >= 11 is 0. The second-order valence-corrected chi connectivity index (χ2v) is 6.30. The first kappa shape index (κ1) is 14.0. The number of phosphoric acid groups is 1. The lowest BCUT2D eigenvalue weighted by molar-refractivity contribution is -0.0589. The lowest BCUT2D eigenvalue weighted by Crippen LogP contribution is -2.30. The van der Waals surface area contributed by atoms with Gasteiger partial charge in [0.25, 0.3) is 0 Å². The molecular weight excluding hydrogens is 317 g/mol. The Balaban J connectivity index is 1.78. The van der Waals surface area contributed by atoms with Crippen molar-refractivity contribution in [1.29, 1.82) is 0 Å². The maximum atomic E-state index is 11.6. The molecule has 0 saturated carbocycles. The van der Waals surface area contributed by atoms with E-state index >= 15 is 0 Å². The molecule has 4 heterocycles. The van der Waals surface area contributed by atoms with E-state index in [0.29, 0.717) is 11.2 Å². The molecule has 4 rings (SSSR count). The molecule has 22 heavy (non-hydrogen) atoms. The van der Waals surface area contributed by atoms with Crippen LogP contribution in [0.15, 0.2) is 12.7 Å². The maximum Gasteiger partial charge on any atom is 0.473 e. The number of aliphatic hydroxyl groups excluding tert-OH is 1. The van der Waals surface area contributed by atoms with Crippen molar-refractivity contribution < 1.29 is 28.3 Å². The highest BCUT2D eigenvalue weighted by Crippen LogP contribution is 2.58. The van der Waals surface area contributed by atoms with Crippen LogP contribution in [0.5, 0.6) is 0 Å². The third kappa shape index (κ3) is 1.95. The van der Waals surface area contributed by atoms with Gasteiger partial charge in [0.2, 0.25) is 0 Å². The molecular formula is C10H12N5O6P. The van der Waals surface area contributed by atoms with Crippen LogP contribution in [0, 0.1) is 0 Å². The second-order valence-electron chi connectivity index (χ2n) is 4.94. The van der Waals surface area contributed by atoms with Gasteiger partial charge in [0.1, 0.15) is 30.2 Å². The smallest absolute Gasteiger partial charge is 0.394 e. The topological polar surface area (TPSA) is 155 Å². The molecule has 2 saturated heterocycles. The van der Waals surface area contributed by atoms with E-state index in [0.717, 1.165) is 0 Å². The van der Waals surface area contributed by atoms with Crippen LogP contribution in [-0.4, -0.2) is 54.4 Å². The zero-order chi connectivity index (χ0) is 15.5. The van der Waals surface area contributed by atoms with E-state index in [-0.39, 0.29) is 12.4 Å². The molecule has 5 atom stereocenters. The van der Waals surface area contributed by atoms with Crippen molar-refractivity contribution in [3.8, 4) is 0 Å². The Morgan fingerprint density at radius 2 is 2.09 bits per heavy atom. The Morgan fingerprint density at radius 3 is 2.86 bits per heavy atom. The Morgan fingerprint density at radius 1 is 1.32 bits per heavy atom. The summed E-state index contributed by atoms with van der Waals surface area (Å²) in [6.07, 6.45) is -0.668. The minimum Gasteiger partial charge on any atom is -0.394 e. The molecule has 3 unspecified atom stereocenters. The van der Waals surface area contributed by atoms with Gasteiger partial charge < -0.3 is 20.5 Å². The van der Waals surface area contributed by atoms with Crippen molar-refractivity contribution in [1.82, 2.24) is 19.5 Å². The highest BCUT2D eigenvalue weighted by atomic mass is 31.2. The van der Waals surface area contributed by atoms with Crippen molar-refractivity contribution in [2.75, 3.05) is 12.3 Å². The largest absolute Gasteiger partial charge is 0.473 e. The van der Waals surface area contributed by atoms with Gasteiger partial charge in [0, 0.05) is 0 Å². The third-order valence-corrected chi connectivity index (χ3v) is 4.66. The minimum atomic E-state index is -4.16. The van der Waals surface area contributed by atoms with Crippen LogP contribution in [0.3, 0.4) is 0 Å². The molecule has 2 aliphatic rings. The van der Waals surface area contributed by atoms with Gasteiger partial charge in [-0.2, -0.15) is 0 Å². The first-order chi connectivity index (χ1) is 10.5. The summed E-state index contributed by atoms with van der Waals surface area (Å²) in [6, 6.07) is 0. The van der Waals surface area contributed by atoms with Gasteiger partial charge in [-0.15, -0.1) is 0 Å². The number of phosphoric ester groups is 1. The van der Waals surface area contributed by atoms with Gasteiger partial charge in [0.15, 0.2) is 17.7 Å². The van der Waals surface area contributed by atoms with Gasteiger partial charge in [0.05, 0.1) is 12.9 Å². The molecule has 0 bridgehead atoms. The molecule has 12 heteroatoms. The summed E-state index contributed by atoms with van der Waals surface area (Å²) in [5, 5.41) is 9.35. The van der Waals surface area contributed by atoms with E-state index in [1.165, 1.54) is 17.2 Å². The number of imidazole rings is 1. The van der Waals surface area contributed by atoms with Crippen molar-refractivity contribution in [3.05, 3.63) is 12.7 Å². The first-order valence-electron chi connectivity index (χ1n) is 6.39. The van der Waals surface area contributed by atoms with Crippen molar-refractivity contribution in [2.45, 2.75) is 24.5 Å². The van der Waals surface area contributed by atoms with Crippen molar-refractivity contribution in [3.63, 3.8) is 0 Å². The molecule has 0 spiro atoms. The van der Waals surface area contributed by atoms with Gasteiger partial charge in [-0.3, -0.25) is 13.6 Å². The Bertz CT molecular complexity index is 782. The number of nitrogen functional groups attached to an aromatic ring is 1. The minimum absolute atomic E-state index is 0.202. The molecule has 118 valence electrons. The van der Waals surface area contributed by atoms with Crippen LogP contribution in [0.2, 0.25) is 0 Å². The summed E-state index contributed by atoms with van der Waals surface area (Å²) in [6.45, 7) is -0.384. The standard InChI is InChI=1S/C10H12N5O6P/c11-8-5-9(13-2-12-8)15(3-14-5)10-7-6(4(1-16)19-10)20-22(17,18)21-7/h2-4,6-7,10,16H,1H2,(H,17,18)(H2,11,12,13)/t4-,6?,7?,10-/m1/s1. The number of fused-ring (bicyclic) bond motifs is 2. The molecule has 0 amide bonds. The van der Waals surface area contributed by atoms with Crippen LogP contribution in [0.4, 0.5) is 5.82 Å². The number of hydrogen-bond donors (Lipinski definition) is 3. The highest BCUT2D eigenvalue weighted by molar-refractivity contribution is 7.47. The van der Waals surface area contributed by atoms with Gasteiger partial charge >= 0.3 is 7.82 Å². The second kappa shape index (κ2) is 4.69. The van der Waals surface area contributed by atoms with Crippen molar-refractivity contribution >= 4 is 24.8 Å². The summed E-state index contributed by atoms with van der Waals surface area (Å²) in [4.78, 5) is 21.5. The zero-order valence-corrected chi connectivity index (χ0v) is 11.9. The van der Waals surface area contributed by atoms with E-state index < -0.39 is 32.4 Å². The molecule has 2 fully saturated rings. The van der Waals surface area contributed by atoms with Crippen LogP contribution >= 0.6 is 7.82 Å². The Kier molecular flexibility index (Phi) is 2.98. The average Bonchev–Trinajstić information content (AvgIpc) is 3.10. The molecule has 4 N–H and O–H groups in total. The van der Waals surface area contributed by atoms with Crippen LogP contribution in [0.1, 0.15) is 6.23 Å². The van der Waals surface area contributed by atoms with Crippen molar-refractivity contribution in [2.24, 2.45) is 0 Å². The number of aliphatic hydroxyl groups is 1. The van der Waals surface area contributed by atoms with Crippen LogP contribution < -0.4 is 5.73 Å². The number of nitrogens with zero attached hydrogens (tertiary/aromatic N) is 4. The normalized spacial score (nSPS) is 37.7. The van der Waals surface area contributed by atoms with Gasteiger partial charge in [-0.25, -0.2) is 19.5 Å². The summed E-state index contributed by atoms with van der Waals surface area (Å²) in [5.41, 5.74) is 6.49. The molecule has 2 aliphatic heterocycles. The van der Waals surface area contributed by atoms with Crippen LogP contribution in [-0.2, 0) is 18.3 Å². The van der Waals surface area contributed by atoms with E-state index in [4.69, 9.17) is 19.5 Å². The summed E-state index contributed by atoms with van der Waals surface area (Å²) in [7, 11) is -4.16. The fourth-order valence-corrected chi connectivity index (χ4v) is 3.85. The lowest BCUT2D eigenvalue weighted by Gasteiger charge is -2.18. The first-order valence-corrected chi connectivity index (χ1v) is 7.88. The number of nitrogens with two attached hydrogens (primary N) is 1.